The number of rotatable bonds is 6. The van der Waals surface area contributed by atoms with E-state index < -0.39 is 0 Å². The lowest BCUT2D eigenvalue weighted by molar-refractivity contribution is 0.311. The summed E-state index contributed by atoms with van der Waals surface area (Å²) in [6, 6.07) is 3.72. The Labute approximate surface area is 112 Å². The number of hydrogen-bond acceptors (Lipinski definition) is 7. The lowest BCUT2D eigenvalue weighted by Crippen LogP contribution is -2.26. The van der Waals surface area contributed by atoms with E-state index in [-0.39, 0.29) is 18.0 Å². The van der Waals surface area contributed by atoms with Crippen molar-refractivity contribution >= 4 is 11.6 Å². The summed E-state index contributed by atoms with van der Waals surface area (Å²) >= 11 is 0. The van der Waals surface area contributed by atoms with Gasteiger partial charge in [-0.1, -0.05) is 0 Å². The molecule has 0 spiro atoms. The average molecular weight is 260 g/mol. The normalized spacial score (nSPS) is 9.53. The van der Waals surface area contributed by atoms with Crippen LogP contribution in [-0.2, 0) is 0 Å². The number of nitrogens with zero attached hydrogens (tertiary/aromatic N) is 5. The van der Waals surface area contributed by atoms with Crippen LogP contribution < -0.4 is 10.2 Å². The van der Waals surface area contributed by atoms with E-state index >= 15 is 0 Å². The predicted molar refractivity (Wildman–Crippen MR) is 70.6 cm³/mol. The van der Waals surface area contributed by atoms with Gasteiger partial charge in [0, 0.05) is 19.6 Å². The molecule has 0 bridgehead atoms. The number of nitrogens with one attached hydrogen (secondary N) is 1. The monoisotopic (exact) mass is 260 g/mol. The van der Waals surface area contributed by atoms with Crippen molar-refractivity contribution in [1.82, 2.24) is 9.97 Å². The molecule has 0 radical (unpaired) electrons. The number of hydrogen-bond donors (Lipinski definition) is 2. The van der Waals surface area contributed by atoms with E-state index in [1.807, 2.05) is 30.9 Å². The molecule has 0 saturated heterocycles. The maximum atomic E-state index is 8.99. The van der Waals surface area contributed by atoms with E-state index in [1.54, 1.807) is 0 Å². The molecule has 1 aromatic heterocycles. The number of aliphatic hydroxyl groups excluding tert-OH is 1. The van der Waals surface area contributed by atoms with Crippen LogP contribution in [0.5, 0.6) is 0 Å². The molecule has 1 heterocycles. The average Bonchev–Trinajstić information content (AvgIpc) is 2.46. The Hall–Kier alpha value is -2.38. The van der Waals surface area contributed by atoms with Crippen molar-refractivity contribution in [3.63, 3.8) is 0 Å². The van der Waals surface area contributed by atoms with Crippen LogP contribution in [-0.4, -0.2) is 41.3 Å². The van der Waals surface area contributed by atoms with Crippen molar-refractivity contribution in [1.29, 1.82) is 10.5 Å². The van der Waals surface area contributed by atoms with Crippen molar-refractivity contribution < 1.29 is 5.11 Å². The zero-order valence-corrected chi connectivity index (χ0v) is 11.0. The summed E-state index contributed by atoms with van der Waals surface area (Å²) in [6.45, 7) is 5.59. The summed E-state index contributed by atoms with van der Waals surface area (Å²) in [5.74, 6) is 0.933. The lowest BCUT2D eigenvalue weighted by Gasteiger charge is -2.22. The third kappa shape index (κ3) is 3.30. The zero-order valence-electron chi connectivity index (χ0n) is 11.0. The van der Waals surface area contributed by atoms with Gasteiger partial charge in [-0.05, 0) is 13.8 Å². The van der Waals surface area contributed by atoms with Crippen molar-refractivity contribution in [2.45, 2.75) is 13.8 Å². The minimum Gasteiger partial charge on any atom is -0.395 e. The highest BCUT2D eigenvalue weighted by molar-refractivity contribution is 5.63. The standard InChI is InChI=1S/C12H16N6O/c1-3-18(4-2)12-11(15-5-6-19)16-9(7-13)10(8-14)17-12/h19H,3-6H2,1-2H3,(H,15,16). The predicted octanol–water partition coefficient (Wildman–Crippen LogP) is 0.470. The Balaban J connectivity index is 3.32. The van der Waals surface area contributed by atoms with Gasteiger partial charge in [0.2, 0.25) is 0 Å². The lowest BCUT2D eigenvalue weighted by atomic mass is 10.3. The molecule has 0 amide bonds. The second-order valence-electron chi connectivity index (χ2n) is 3.64. The van der Waals surface area contributed by atoms with Gasteiger partial charge in [-0.25, -0.2) is 9.97 Å². The molecule has 1 aromatic rings. The number of anilines is 2. The van der Waals surface area contributed by atoms with Crippen LogP contribution >= 0.6 is 0 Å². The van der Waals surface area contributed by atoms with E-state index in [2.05, 4.69) is 15.3 Å². The van der Waals surface area contributed by atoms with Crippen molar-refractivity contribution in [3.05, 3.63) is 11.4 Å². The van der Waals surface area contributed by atoms with Crippen LogP contribution in [0.1, 0.15) is 25.2 Å². The zero-order chi connectivity index (χ0) is 14.3. The fourth-order valence-corrected chi connectivity index (χ4v) is 1.62. The first-order valence-electron chi connectivity index (χ1n) is 6.03. The van der Waals surface area contributed by atoms with Crippen LogP contribution in [0.25, 0.3) is 0 Å². The molecule has 2 N–H and O–H groups in total. The second-order valence-corrected chi connectivity index (χ2v) is 3.64. The molecule has 100 valence electrons. The van der Waals surface area contributed by atoms with E-state index in [0.717, 1.165) is 0 Å². The van der Waals surface area contributed by atoms with Crippen LogP contribution in [0.2, 0.25) is 0 Å². The van der Waals surface area contributed by atoms with Gasteiger partial charge < -0.3 is 15.3 Å². The van der Waals surface area contributed by atoms with Gasteiger partial charge in [0.05, 0.1) is 6.61 Å². The molecule has 0 saturated carbocycles. The molecule has 0 aliphatic rings. The van der Waals surface area contributed by atoms with Crippen molar-refractivity contribution in [3.8, 4) is 12.1 Å². The molecule has 1 rings (SSSR count). The van der Waals surface area contributed by atoms with E-state index in [1.165, 1.54) is 0 Å². The van der Waals surface area contributed by atoms with Crippen LogP contribution in [0, 0.1) is 22.7 Å². The SMILES string of the molecule is CCN(CC)c1nc(C#N)c(C#N)nc1NCCO. The fourth-order valence-electron chi connectivity index (χ4n) is 1.62. The highest BCUT2D eigenvalue weighted by Crippen LogP contribution is 2.22. The molecule has 0 unspecified atom stereocenters. The van der Waals surface area contributed by atoms with Crippen LogP contribution in [0.3, 0.4) is 0 Å². The summed E-state index contributed by atoms with van der Waals surface area (Å²) in [6.07, 6.45) is 0. The summed E-state index contributed by atoms with van der Waals surface area (Å²) in [5.41, 5.74) is -0.00204. The smallest absolute Gasteiger partial charge is 0.179 e. The molecular weight excluding hydrogens is 244 g/mol. The minimum absolute atomic E-state index is 0.0129. The first-order chi connectivity index (χ1) is 9.21. The first kappa shape index (κ1) is 14.7. The van der Waals surface area contributed by atoms with Gasteiger partial charge in [-0.3, -0.25) is 0 Å². The van der Waals surface area contributed by atoms with E-state index in [4.69, 9.17) is 15.6 Å². The third-order valence-electron chi connectivity index (χ3n) is 2.56. The van der Waals surface area contributed by atoms with Gasteiger partial charge in [0.15, 0.2) is 23.0 Å². The number of aliphatic hydroxyl groups is 1. The molecule has 0 aromatic carbocycles. The molecule has 7 nitrogen and oxygen atoms in total. The van der Waals surface area contributed by atoms with Gasteiger partial charge in [0.1, 0.15) is 12.1 Å². The molecule has 7 heteroatoms. The Morgan fingerprint density at radius 3 is 2.21 bits per heavy atom. The van der Waals surface area contributed by atoms with Gasteiger partial charge in [-0.15, -0.1) is 0 Å². The maximum Gasteiger partial charge on any atom is 0.179 e. The molecule has 0 fully saturated rings. The fraction of sp³-hybridized carbons (Fsp3) is 0.500. The van der Waals surface area contributed by atoms with Gasteiger partial charge in [0.25, 0.3) is 0 Å². The van der Waals surface area contributed by atoms with Crippen molar-refractivity contribution in [2.75, 3.05) is 36.5 Å². The van der Waals surface area contributed by atoms with Gasteiger partial charge >= 0.3 is 0 Å². The summed E-state index contributed by atoms with van der Waals surface area (Å²) in [7, 11) is 0. The Morgan fingerprint density at radius 2 is 1.74 bits per heavy atom. The third-order valence-corrected chi connectivity index (χ3v) is 2.56. The topological polar surface area (TPSA) is 109 Å². The number of aromatic nitrogens is 2. The van der Waals surface area contributed by atoms with Crippen LogP contribution in [0.4, 0.5) is 11.6 Å². The molecule has 19 heavy (non-hydrogen) atoms. The summed E-state index contributed by atoms with van der Waals surface area (Å²) in [5, 5.41) is 29.7. The maximum absolute atomic E-state index is 8.99. The largest absolute Gasteiger partial charge is 0.395 e. The Bertz CT molecular complexity index is 512. The highest BCUT2D eigenvalue weighted by Gasteiger charge is 2.16. The highest BCUT2D eigenvalue weighted by atomic mass is 16.3. The minimum atomic E-state index is -0.0543. The van der Waals surface area contributed by atoms with E-state index in [9.17, 15) is 0 Å². The summed E-state index contributed by atoms with van der Waals surface area (Å²) in [4.78, 5) is 10.2. The number of nitriles is 2. The Morgan fingerprint density at radius 1 is 1.16 bits per heavy atom. The summed E-state index contributed by atoms with van der Waals surface area (Å²) < 4.78 is 0. The molecular formula is C12H16N6O. The van der Waals surface area contributed by atoms with Gasteiger partial charge in [-0.2, -0.15) is 10.5 Å². The quantitative estimate of drug-likeness (QED) is 0.765. The van der Waals surface area contributed by atoms with Crippen LogP contribution in [0.15, 0.2) is 0 Å². The molecule has 0 aliphatic heterocycles. The molecule has 0 aliphatic carbocycles. The first-order valence-corrected chi connectivity index (χ1v) is 6.03. The molecule has 0 atom stereocenters. The van der Waals surface area contributed by atoms with E-state index in [0.29, 0.717) is 31.3 Å². The second kappa shape index (κ2) is 7.14. The Kier molecular flexibility index (Phi) is 5.52. The van der Waals surface area contributed by atoms with Crippen molar-refractivity contribution in [2.24, 2.45) is 0 Å².